The second-order valence-corrected chi connectivity index (χ2v) is 14.6. The SMILES string of the molecule is CC(C)=CCc1c(OC2OC(CO)C(O)C(O)C2O)cc(O)c2c(=O)c(OC3OC(C)C(OC4OC(CO)C(O)C(O)C4O)C(O)C3O)c(-c3ccc(O)cc3)oc12. The molecule has 3 fully saturated rings. The Labute approximate surface area is 329 Å². The van der Waals surface area contributed by atoms with Crippen LogP contribution in [0.25, 0.3) is 22.3 Å². The Morgan fingerprint density at radius 3 is 1.86 bits per heavy atom. The predicted molar refractivity (Wildman–Crippen MR) is 194 cm³/mol. The van der Waals surface area contributed by atoms with Gasteiger partial charge in [0.05, 0.1) is 19.3 Å². The minimum atomic E-state index is -1.98. The highest BCUT2D eigenvalue weighted by Crippen LogP contribution is 2.42. The Kier molecular flexibility index (Phi) is 13.3. The molecule has 0 bridgehead atoms. The third-order valence-electron chi connectivity index (χ3n) is 10.3. The molecule has 0 amide bonds. The van der Waals surface area contributed by atoms with Gasteiger partial charge in [-0.15, -0.1) is 0 Å². The number of hydrogen-bond donors (Lipinski definition) is 12. The molecular formula is C38H48O20. The van der Waals surface area contributed by atoms with E-state index >= 15 is 0 Å². The van der Waals surface area contributed by atoms with Gasteiger partial charge in [-0.1, -0.05) is 11.6 Å². The first kappa shape index (κ1) is 43.6. The van der Waals surface area contributed by atoms with Gasteiger partial charge in [0.2, 0.25) is 23.8 Å². The van der Waals surface area contributed by atoms with Crippen LogP contribution in [0.1, 0.15) is 26.3 Å². The molecule has 0 radical (unpaired) electrons. The van der Waals surface area contributed by atoms with Gasteiger partial charge in [-0.3, -0.25) is 4.79 Å². The Morgan fingerprint density at radius 2 is 1.28 bits per heavy atom. The zero-order valence-electron chi connectivity index (χ0n) is 31.4. The fourth-order valence-electron chi connectivity index (χ4n) is 6.91. The predicted octanol–water partition coefficient (Wildman–Crippen LogP) is -2.41. The number of allylic oxidation sites excluding steroid dienone is 2. The van der Waals surface area contributed by atoms with E-state index in [1.807, 2.05) is 0 Å². The van der Waals surface area contributed by atoms with Crippen molar-refractivity contribution < 1.29 is 94.1 Å². The Bertz CT molecular complexity index is 1980. The average Bonchev–Trinajstić information content (AvgIpc) is 3.19. The van der Waals surface area contributed by atoms with Gasteiger partial charge in [-0.25, -0.2) is 0 Å². The molecular weight excluding hydrogens is 776 g/mol. The molecule has 20 heteroatoms. The molecule has 3 aliphatic rings. The Balaban J connectivity index is 1.40. The van der Waals surface area contributed by atoms with Gasteiger partial charge >= 0.3 is 0 Å². The molecule has 12 N–H and O–H groups in total. The van der Waals surface area contributed by atoms with Gasteiger partial charge in [-0.05, 0) is 51.5 Å². The van der Waals surface area contributed by atoms with Crippen molar-refractivity contribution in [2.75, 3.05) is 13.2 Å². The molecule has 2 aromatic carbocycles. The van der Waals surface area contributed by atoms with E-state index in [0.29, 0.717) is 0 Å². The number of rotatable bonds is 11. The lowest BCUT2D eigenvalue weighted by molar-refractivity contribution is -0.348. The van der Waals surface area contributed by atoms with Crippen LogP contribution in [-0.2, 0) is 25.4 Å². The van der Waals surface area contributed by atoms with Crippen molar-refractivity contribution in [2.45, 2.75) is 119 Å². The van der Waals surface area contributed by atoms with E-state index in [1.54, 1.807) is 19.9 Å². The van der Waals surface area contributed by atoms with E-state index in [1.165, 1.54) is 31.2 Å². The molecule has 3 saturated heterocycles. The summed E-state index contributed by atoms with van der Waals surface area (Å²) in [7, 11) is 0. The monoisotopic (exact) mass is 824 g/mol. The number of hydrogen-bond acceptors (Lipinski definition) is 20. The fourth-order valence-corrected chi connectivity index (χ4v) is 6.91. The maximum absolute atomic E-state index is 14.5. The highest BCUT2D eigenvalue weighted by molar-refractivity contribution is 5.91. The van der Waals surface area contributed by atoms with Crippen molar-refractivity contribution in [2.24, 2.45) is 0 Å². The van der Waals surface area contributed by atoms with Crippen molar-refractivity contribution >= 4 is 11.0 Å². The van der Waals surface area contributed by atoms with Crippen molar-refractivity contribution in [3.8, 4) is 34.3 Å². The first-order valence-electron chi connectivity index (χ1n) is 18.4. The topological polar surface area (TPSA) is 328 Å². The normalized spacial score (nSPS) is 35.4. The second-order valence-electron chi connectivity index (χ2n) is 14.6. The van der Waals surface area contributed by atoms with Crippen molar-refractivity contribution in [3.05, 3.63) is 57.8 Å². The van der Waals surface area contributed by atoms with Crippen LogP contribution in [0.2, 0.25) is 0 Å². The molecule has 6 rings (SSSR count). The molecule has 3 aromatic rings. The minimum absolute atomic E-state index is 0.00593. The van der Waals surface area contributed by atoms with Crippen LogP contribution in [0, 0.1) is 0 Å². The van der Waals surface area contributed by atoms with Crippen molar-refractivity contribution in [3.63, 3.8) is 0 Å². The average molecular weight is 825 g/mol. The van der Waals surface area contributed by atoms with Crippen LogP contribution in [0.15, 0.2) is 51.2 Å². The first-order chi connectivity index (χ1) is 27.5. The van der Waals surface area contributed by atoms with Gasteiger partial charge < -0.3 is 94.1 Å². The summed E-state index contributed by atoms with van der Waals surface area (Å²) < 4.78 is 40.7. The molecule has 20 nitrogen and oxygen atoms in total. The quantitative estimate of drug-likeness (QED) is 0.0896. The lowest BCUT2D eigenvalue weighted by atomic mass is 9.97. The molecule has 0 saturated carbocycles. The summed E-state index contributed by atoms with van der Waals surface area (Å²) in [5.74, 6) is -1.99. The number of aliphatic hydroxyl groups is 10. The molecule has 58 heavy (non-hydrogen) atoms. The zero-order valence-corrected chi connectivity index (χ0v) is 31.4. The Morgan fingerprint density at radius 1 is 0.724 bits per heavy atom. The smallest absolute Gasteiger partial charge is 0.239 e. The van der Waals surface area contributed by atoms with Gasteiger partial charge in [0.15, 0.2) is 12.1 Å². The molecule has 0 aliphatic carbocycles. The van der Waals surface area contributed by atoms with Crippen LogP contribution in [-0.4, -0.2) is 167 Å². The van der Waals surface area contributed by atoms with Crippen LogP contribution in [0.3, 0.4) is 0 Å². The third kappa shape index (κ3) is 8.40. The number of fused-ring (bicyclic) bond motifs is 1. The van der Waals surface area contributed by atoms with Crippen LogP contribution in [0.4, 0.5) is 0 Å². The van der Waals surface area contributed by atoms with E-state index in [0.717, 1.165) is 11.6 Å². The number of phenols is 2. The van der Waals surface area contributed by atoms with E-state index in [2.05, 4.69) is 0 Å². The summed E-state index contributed by atoms with van der Waals surface area (Å²) in [5, 5.41) is 125. The molecule has 4 heterocycles. The molecule has 15 unspecified atom stereocenters. The first-order valence-corrected chi connectivity index (χ1v) is 18.4. The van der Waals surface area contributed by atoms with E-state index in [4.69, 9.17) is 32.8 Å². The molecule has 320 valence electrons. The highest BCUT2D eigenvalue weighted by Gasteiger charge is 2.51. The number of aromatic hydroxyl groups is 2. The Hall–Kier alpha value is -3.97. The van der Waals surface area contributed by atoms with Gasteiger partial charge in [0.1, 0.15) is 95.4 Å². The molecule has 15 atom stereocenters. The summed E-state index contributed by atoms with van der Waals surface area (Å²) in [6.45, 7) is 3.47. The van der Waals surface area contributed by atoms with Gasteiger partial charge in [0, 0.05) is 17.2 Å². The number of ether oxygens (including phenoxy) is 6. The number of benzene rings is 2. The standard InChI is InChI=1S/C38H48O20/c1-13(2)4-9-17-19(53-37-29(49)26(46)23(43)20(11-39)54-37)10-18(42)22-25(45)35(33(56-34(17)22)15-5-7-16(41)8-6-15)58-36-31(51)28(48)32(14(3)52-36)57-38-30(50)27(47)24(44)21(12-40)55-38/h4-8,10,14,20-21,23-24,26-32,36-44,46-51H,9,11-12H2,1-3H3. The maximum Gasteiger partial charge on any atom is 0.239 e. The lowest BCUT2D eigenvalue weighted by Gasteiger charge is -2.45. The van der Waals surface area contributed by atoms with E-state index in [9.17, 15) is 66.1 Å². The minimum Gasteiger partial charge on any atom is -0.508 e. The summed E-state index contributed by atoms with van der Waals surface area (Å²) in [6, 6.07) is 6.33. The van der Waals surface area contributed by atoms with Gasteiger partial charge in [-0.2, -0.15) is 0 Å². The van der Waals surface area contributed by atoms with Gasteiger partial charge in [0.25, 0.3) is 0 Å². The van der Waals surface area contributed by atoms with Crippen LogP contribution in [0.5, 0.6) is 23.0 Å². The summed E-state index contributed by atoms with van der Waals surface area (Å²) >= 11 is 0. The van der Waals surface area contributed by atoms with E-state index < -0.39 is 128 Å². The summed E-state index contributed by atoms with van der Waals surface area (Å²) in [4.78, 5) is 14.5. The number of phenolic OH excluding ortho intramolecular Hbond substituents is 2. The number of aliphatic hydroxyl groups excluding tert-OH is 10. The molecule has 1 aromatic heterocycles. The maximum atomic E-state index is 14.5. The molecule has 3 aliphatic heterocycles. The summed E-state index contributed by atoms with van der Waals surface area (Å²) in [5.41, 5.74) is -0.171. The van der Waals surface area contributed by atoms with Crippen molar-refractivity contribution in [1.29, 1.82) is 0 Å². The van der Waals surface area contributed by atoms with Crippen LogP contribution >= 0.6 is 0 Å². The lowest BCUT2D eigenvalue weighted by Crippen LogP contribution is -2.64. The zero-order chi connectivity index (χ0) is 42.3. The fraction of sp³-hybridized carbons (Fsp3) is 0.553. The third-order valence-corrected chi connectivity index (χ3v) is 10.3. The highest BCUT2D eigenvalue weighted by atomic mass is 16.7. The molecule has 0 spiro atoms. The van der Waals surface area contributed by atoms with Crippen LogP contribution < -0.4 is 14.9 Å². The van der Waals surface area contributed by atoms with Crippen molar-refractivity contribution in [1.82, 2.24) is 0 Å². The summed E-state index contributed by atoms with van der Waals surface area (Å²) in [6.07, 6.45) is -23.3. The van der Waals surface area contributed by atoms with E-state index in [-0.39, 0.29) is 40.4 Å². The largest absolute Gasteiger partial charge is 0.508 e. The second kappa shape index (κ2) is 17.7.